The summed E-state index contributed by atoms with van der Waals surface area (Å²) in [4.78, 5) is 11.8. The molecule has 7 heteroatoms. The van der Waals surface area contributed by atoms with Gasteiger partial charge in [0.25, 0.3) is 0 Å². The van der Waals surface area contributed by atoms with Crippen LogP contribution in [0.1, 0.15) is 37.7 Å². The normalized spacial score (nSPS) is 16.4. The summed E-state index contributed by atoms with van der Waals surface area (Å²) in [6.45, 7) is 0.487. The SMILES string of the molecule is O=C(NCC1CCCCC1)Nc1ccc(Cl)cc1C(F)(F)F. The van der Waals surface area contributed by atoms with Crippen LogP contribution in [0.15, 0.2) is 18.2 Å². The highest BCUT2D eigenvalue weighted by molar-refractivity contribution is 6.30. The molecule has 0 aromatic heterocycles. The quantitative estimate of drug-likeness (QED) is 0.797. The van der Waals surface area contributed by atoms with E-state index in [0.29, 0.717) is 12.5 Å². The van der Waals surface area contributed by atoms with Crippen LogP contribution in [0.5, 0.6) is 0 Å². The molecule has 2 N–H and O–H groups in total. The van der Waals surface area contributed by atoms with Gasteiger partial charge in [-0.1, -0.05) is 30.9 Å². The number of hydrogen-bond acceptors (Lipinski definition) is 1. The molecule has 0 aliphatic heterocycles. The fourth-order valence-electron chi connectivity index (χ4n) is 2.65. The Labute approximate surface area is 132 Å². The first-order chi connectivity index (χ1) is 10.4. The molecule has 1 aliphatic carbocycles. The van der Waals surface area contributed by atoms with E-state index in [-0.39, 0.29) is 10.7 Å². The molecule has 1 saturated carbocycles. The molecule has 0 unspecified atom stereocenters. The van der Waals surface area contributed by atoms with Gasteiger partial charge in [-0.25, -0.2) is 4.79 Å². The number of benzene rings is 1. The van der Waals surface area contributed by atoms with E-state index in [1.807, 2.05) is 0 Å². The van der Waals surface area contributed by atoms with Crippen molar-refractivity contribution in [1.82, 2.24) is 5.32 Å². The van der Waals surface area contributed by atoms with Crippen LogP contribution >= 0.6 is 11.6 Å². The molecule has 1 aliphatic rings. The molecule has 0 spiro atoms. The summed E-state index contributed by atoms with van der Waals surface area (Å²) < 4.78 is 38.8. The van der Waals surface area contributed by atoms with Crippen LogP contribution in [0.4, 0.5) is 23.7 Å². The highest BCUT2D eigenvalue weighted by atomic mass is 35.5. The largest absolute Gasteiger partial charge is 0.418 e. The average molecular weight is 335 g/mol. The zero-order valence-corrected chi connectivity index (χ0v) is 12.7. The van der Waals surface area contributed by atoms with E-state index in [4.69, 9.17) is 11.6 Å². The second-order valence-electron chi connectivity index (χ2n) is 5.53. The molecule has 2 rings (SSSR count). The second-order valence-corrected chi connectivity index (χ2v) is 5.96. The van der Waals surface area contributed by atoms with E-state index in [1.54, 1.807) is 0 Å². The van der Waals surface area contributed by atoms with Gasteiger partial charge in [0.1, 0.15) is 0 Å². The summed E-state index contributed by atoms with van der Waals surface area (Å²) in [6.07, 6.45) is 1.02. The van der Waals surface area contributed by atoms with Gasteiger partial charge < -0.3 is 10.6 Å². The molecule has 1 aromatic rings. The first-order valence-corrected chi connectivity index (χ1v) is 7.65. The smallest absolute Gasteiger partial charge is 0.338 e. The van der Waals surface area contributed by atoms with Gasteiger partial charge in [0.2, 0.25) is 0 Å². The highest BCUT2D eigenvalue weighted by Crippen LogP contribution is 2.36. The Balaban J connectivity index is 1.96. The summed E-state index contributed by atoms with van der Waals surface area (Å²) in [5.41, 5.74) is -1.24. The molecule has 1 aromatic carbocycles. The van der Waals surface area contributed by atoms with E-state index >= 15 is 0 Å². The molecule has 0 bridgehead atoms. The van der Waals surface area contributed by atoms with Crippen molar-refractivity contribution in [2.24, 2.45) is 5.92 Å². The fourth-order valence-corrected chi connectivity index (χ4v) is 2.83. The summed E-state index contributed by atoms with van der Waals surface area (Å²) in [7, 11) is 0. The molecule has 0 radical (unpaired) electrons. The summed E-state index contributed by atoms with van der Waals surface area (Å²) in [5.74, 6) is 0.409. The van der Waals surface area contributed by atoms with Gasteiger partial charge in [0, 0.05) is 11.6 Å². The lowest BCUT2D eigenvalue weighted by Crippen LogP contribution is -2.34. The van der Waals surface area contributed by atoms with Gasteiger partial charge in [-0.2, -0.15) is 13.2 Å². The third-order valence-corrected chi connectivity index (χ3v) is 4.05. The number of carbonyl (C=O) groups is 1. The number of amides is 2. The number of carbonyl (C=O) groups excluding carboxylic acids is 1. The standard InChI is InChI=1S/C15H18ClF3N2O/c16-11-6-7-13(12(8-11)15(17,18)19)21-14(22)20-9-10-4-2-1-3-5-10/h6-8,10H,1-5,9H2,(H2,20,21,22). The van der Waals surface area contributed by atoms with Crippen LogP contribution in [-0.2, 0) is 6.18 Å². The molecule has 122 valence electrons. The maximum absolute atomic E-state index is 12.9. The van der Waals surface area contributed by atoms with Gasteiger partial charge in [0.05, 0.1) is 11.3 Å². The molecular formula is C15H18ClF3N2O. The van der Waals surface area contributed by atoms with E-state index < -0.39 is 17.8 Å². The zero-order chi connectivity index (χ0) is 16.2. The van der Waals surface area contributed by atoms with Crippen molar-refractivity contribution in [2.75, 3.05) is 11.9 Å². The van der Waals surface area contributed by atoms with Crippen LogP contribution in [0.2, 0.25) is 5.02 Å². The highest BCUT2D eigenvalue weighted by Gasteiger charge is 2.34. The number of nitrogens with one attached hydrogen (secondary N) is 2. The monoisotopic (exact) mass is 334 g/mol. The number of hydrogen-bond donors (Lipinski definition) is 2. The molecule has 0 heterocycles. The number of alkyl halides is 3. The van der Waals surface area contributed by atoms with Crippen molar-refractivity contribution < 1.29 is 18.0 Å². The first-order valence-electron chi connectivity index (χ1n) is 7.28. The average Bonchev–Trinajstić information content (AvgIpc) is 2.47. The van der Waals surface area contributed by atoms with Crippen LogP contribution in [-0.4, -0.2) is 12.6 Å². The maximum atomic E-state index is 12.9. The number of halogens is 4. The van der Waals surface area contributed by atoms with E-state index in [0.717, 1.165) is 37.8 Å². The minimum Gasteiger partial charge on any atom is -0.338 e. The molecular weight excluding hydrogens is 317 g/mol. The molecule has 0 atom stereocenters. The summed E-state index contributed by atoms with van der Waals surface area (Å²) >= 11 is 5.59. The van der Waals surface area contributed by atoms with Gasteiger partial charge in [0.15, 0.2) is 0 Å². The van der Waals surface area contributed by atoms with Crippen molar-refractivity contribution in [3.05, 3.63) is 28.8 Å². The van der Waals surface area contributed by atoms with Crippen molar-refractivity contribution in [3.63, 3.8) is 0 Å². The van der Waals surface area contributed by atoms with Crippen molar-refractivity contribution in [2.45, 2.75) is 38.3 Å². The Kier molecular flexibility index (Phi) is 5.56. The minimum absolute atomic E-state index is 0.0273. The van der Waals surface area contributed by atoms with Crippen molar-refractivity contribution in [1.29, 1.82) is 0 Å². The predicted molar refractivity (Wildman–Crippen MR) is 80.1 cm³/mol. The molecule has 2 amide bonds. The number of rotatable bonds is 3. The van der Waals surface area contributed by atoms with Crippen molar-refractivity contribution in [3.8, 4) is 0 Å². The molecule has 1 fully saturated rings. The van der Waals surface area contributed by atoms with Crippen LogP contribution < -0.4 is 10.6 Å². The topological polar surface area (TPSA) is 41.1 Å². The van der Waals surface area contributed by atoms with Gasteiger partial charge in [-0.3, -0.25) is 0 Å². The lowest BCUT2D eigenvalue weighted by molar-refractivity contribution is -0.136. The second kappa shape index (κ2) is 7.22. The molecule has 22 heavy (non-hydrogen) atoms. The Morgan fingerprint density at radius 3 is 2.55 bits per heavy atom. The lowest BCUT2D eigenvalue weighted by atomic mass is 9.89. The van der Waals surface area contributed by atoms with E-state index in [9.17, 15) is 18.0 Å². The Hall–Kier alpha value is -1.43. The Morgan fingerprint density at radius 1 is 1.23 bits per heavy atom. The van der Waals surface area contributed by atoms with Gasteiger partial charge >= 0.3 is 12.2 Å². The summed E-state index contributed by atoms with van der Waals surface area (Å²) in [5, 5.41) is 4.87. The van der Waals surface area contributed by atoms with E-state index in [2.05, 4.69) is 10.6 Å². The van der Waals surface area contributed by atoms with Crippen LogP contribution in [0, 0.1) is 5.92 Å². The lowest BCUT2D eigenvalue weighted by Gasteiger charge is -2.22. The first kappa shape index (κ1) is 16.9. The zero-order valence-electron chi connectivity index (χ0n) is 12.0. The maximum Gasteiger partial charge on any atom is 0.418 e. The van der Waals surface area contributed by atoms with E-state index in [1.165, 1.54) is 12.5 Å². The Bertz CT molecular complexity index is 528. The minimum atomic E-state index is -4.57. The van der Waals surface area contributed by atoms with Crippen molar-refractivity contribution >= 4 is 23.3 Å². The predicted octanol–water partition coefficient (Wildman–Crippen LogP) is 5.06. The fraction of sp³-hybridized carbons (Fsp3) is 0.533. The third-order valence-electron chi connectivity index (χ3n) is 3.81. The third kappa shape index (κ3) is 4.80. The van der Waals surface area contributed by atoms with Gasteiger partial charge in [-0.15, -0.1) is 0 Å². The molecule has 0 saturated heterocycles. The summed E-state index contributed by atoms with van der Waals surface area (Å²) in [6, 6.07) is 2.65. The number of urea groups is 1. The van der Waals surface area contributed by atoms with Gasteiger partial charge in [-0.05, 0) is 37.0 Å². The van der Waals surface area contributed by atoms with Crippen LogP contribution in [0.3, 0.4) is 0 Å². The Morgan fingerprint density at radius 2 is 1.91 bits per heavy atom. The molecule has 3 nitrogen and oxygen atoms in total. The van der Waals surface area contributed by atoms with Crippen LogP contribution in [0.25, 0.3) is 0 Å². The number of anilines is 1.